The van der Waals surface area contributed by atoms with Gasteiger partial charge in [0.2, 0.25) is 0 Å². The number of carbonyl (C=O) groups is 3. The van der Waals surface area contributed by atoms with E-state index in [1.807, 2.05) is 20.8 Å². The summed E-state index contributed by atoms with van der Waals surface area (Å²) in [5.74, 6) is -1.71. The zero-order chi connectivity index (χ0) is 25.0. The standard InChI is InChI=1S/C20H34N3O9P/c1-19(2,3)14-10-13(23(6)22-14)18(26)29-12-31-33(27)30-11-20(4,5)16(32-33)17(25)21-9-8-15(24)28-7/h10,16,27,33H,8-9,11-12H2,1-7H3,(H,21,25)/t16-/m0/s1. The zero-order valence-electron chi connectivity index (χ0n) is 20.1. The first kappa shape index (κ1) is 27.1. The molecule has 1 amide bonds. The van der Waals surface area contributed by atoms with Crippen molar-refractivity contribution in [3.63, 3.8) is 0 Å². The predicted octanol–water partition coefficient (Wildman–Crippen LogP) is 1.37. The van der Waals surface area contributed by atoms with Crippen LogP contribution in [0.4, 0.5) is 0 Å². The molecular weight excluding hydrogens is 457 g/mol. The number of hydrogen-bond donors (Lipinski definition) is 2. The molecule has 0 spiro atoms. The number of amides is 1. The number of methoxy groups -OCH3 is 1. The Morgan fingerprint density at radius 1 is 1.36 bits per heavy atom. The summed E-state index contributed by atoms with van der Waals surface area (Å²) < 4.78 is 27.1. The molecule has 1 atom stereocenters. The molecule has 1 aromatic heterocycles. The summed E-state index contributed by atoms with van der Waals surface area (Å²) in [7, 11) is -1.41. The van der Waals surface area contributed by atoms with Gasteiger partial charge in [-0.15, -0.1) is 0 Å². The molecule has 0 radical (unpaired) electrons. The molecule has 33 heavy (non-hydrogen) atoms. The van der Waals surface area contributed by atoms with E-state index in [4.69, 9.17) is 18.3 Å². The molecule has 2 N–H and O–H groups in total. The van der Waals surface area contributed by atoms with E-state index >= 15 is 0 Å². The number of ether oxygens (including phenoxy) is 2. The molecule has 0 saturated carbocycles. The van der Waals surface area contributed by atoms with Crippen LogP contribution in [0.2, 0.25) is 0 Å². The van der Waals surface area contributed by atoms with Crippen LogP contribution in [0, 0.1) is 5.41 Å². The second-order valence-corrected chi connectivity index (χ2v) is 11.3. The van der Waals surface area contributed by atoms with Gasteiger partial charge in [-0.3, -0.25) is 0 Å². The van der Waals surface area contributed by atoms with Gasteiger partial charge < -0.3 is 0 Å². The molecular formula is C20H34N3O9P. The Balaban J connectivity index is 1.95. The molecule has 0 bridgehead atoms. The van der Waals surface area contributed by atoms with Crippen LogP contribution in [-0.2, 0) is 45.1 Å². The summed E-state index contributed by atoms with van der Waals surface area (Å²) in [5.41, 5.74) is -0.107. The van der Waals surface area contributed by atoms with E-state index < -0.39 is 44.3 Å². The molecule has 0 aromatic carbocycles. The second-order valence-electron chi connectivity index (χ2n) is 9.40. The zero-order valence-corrected chi connectivity index (χ0v) is 21.1. The minimum atomic E-state index is -4.28. The van der Waals surface area contributed by atoms with Crippen LogP contribution in [0.15, 0.2) is 6.07 Å². The van der Waals surface area contributed by atoms with Crippen molar-refractivity contribution < 1.29 is 42.3 Å². The molecule has 12 nitrogen and oxygen atoms in total. The van der Waals surface area contributed by atoms with Gasteiger partial charge in [0.05, 0.1) is 0 Å². The van der Waals surface area contributed by atoms with E-state index in [1.54, 1.807) is 27.0 Å². The van der Waals surface area contributed by atoms with E-state index in [1.165, 1.54) is 11.8 Å². The Labute approximate surface area is 193 Å². The quantitative estimate of drug-likeness (QED) is 0.310. The number of nitrogens with zero attached hydrogens (tertiary/aromatic N) is 2. The normalized spacial score (nSPS) is 20.5. The molecule has 1 saturated heterocycles. The molecule has 2 rings (SSSR count). The Kier molecular flexibility index (Phi) is 8.58. The van der Waals surface area contributed by atoms with E-state index in [9.17, 15) is 19.3 Å². The molecule has 1 aromatic rings. The van der Waals surface area contributed by atoms with Crippen molar-refractivity contribution in [2.75, 3.05) is 27.1 Å². The van der Waals surface area contributed by atoms with Gasteiger partial charge in [-0.05, 0) is 0 Å². The van der Waals surface area contributed by atoms with Crippen molar-refractivity contribution in [1.29, 1.82) is 0 Å². The molecule has 1 aliphatic heterocycles. The number of aromatic nitrogens is 2. The van der Waals surface area contributed by atoms with Crippen molar-refractivity contribution >= 4 is 26.0 Å². The van der Waals surface area contributed by atoms with E-state index in [0.717, 1.165) is 0 Å². The number of aryl methyl sites for hydroxylation is 1. The Hall–Kier alpha value is -2.11. The van der Waals surface area contributed by atoms with Crippen LogP contribution >= 0.6 is 8.17 Å². The van der Waals surface area contributed by atoms with Crippen LogP contribution in [0.3, 0.4) is 0 Å². The van der Waals surface area contributed by atoms with Crippen LogP contribution in [0.5, 0.6) is 0 Å². The van der Waals surface area contributed by atoms with Crippen LogP contribution in [-0.4, -0.2) is 65.7 Å². The summed E-state index contributed by atoms with van der Waals surface area (Å²) in [6.45, 7) is 8.72. The van der Waals surface area contributed by atoms with Gasteiger partial charge in [0.25, 0.3) is 0 Å². The first-order valence-corrected chi connectivity index (χ1v) is 12.1. The van der Waals surface area contributed by atoms with E-state index in [2.05, 4.69) is 15.2 Å². The molecule has 13 heteroatoms. The van der Waals surface area contributed by atoms with Gasteiger partial charge in [-0.25, -0.2) is 0 Å². The Bertz CT molecular complexity index is 881. The van der Waals surface area contributed by atoms with E-state index in [0.29, 0.717) is 5.69 Å². The number of carbonyl (C=O) groups excluding carboxylic acids is 3. The average Bonchev–Trinajstić information content (AvgIpc) is 3.12. The SMILES string of the molecule is COC(=O)CCNC(=O)[C@@H]1O[PH](O)(OCOC(=O)c2cc(C(C)(C)C)nn2C)OCC1(C)C. The summed E-state index contributed by atoms with van der Waals surface area (Å²) in [6, 6.07) is 1.62. The second kappa shape index (κ2) is 10.4. The molecule has 188 valence electrons. The topological polar surface area (TPSA) is 147 Å². The van der Waals surface area contributed by atoms with Crippen molar-refractivity contribution in [3.05, 3.63) is 17.5 Å². The number of nitrogens with one attached hydrogen (secondary N) is 1. The molecule has 2 heterocycles. The first-order valence-electron chi connectivity index (χ1n) is 10.4. The number of esters is 2. The first-order chi connectivity index (χ1) is 15.2. The van der Waals surface area contributed by atoms with Crippen LogP contribution in [0.1, 0.15) is 57.2 Å². The monoisotopic (exact) mass is 491 g/mol. The van der Waals surface area contributed by atoms with Gasteiger partial charge in [-0.1, -0.05) is 0 Å². The predicted molar refractivity (Wildman–Crippen MR) is 118 cm³/mol. The van der Waals surface area contributed by atoms with Gasteiger partial charge in [0.1, 0.15) is 0 Å². The van der Waals surface area contributed by atoms with Crippen molar-refractivity contribution in [1.82, 2.24) is 15.1 Å². The van der Waals surface area contributed by atoms with Crippen molar-refractivity contribution in [2.24, 2.45) is 12.5 Å². The maximum absolute atomic E-state index is 12.6. The summed E-state index contributed by atoms with van der Waals surface area (Å²) in [4.78, 5) is 46.8. The fraction of sp³-hybridized carbons (Fsp3) is 0.700. The maximum atomic E-state index is 12.6. The fourth-order valence-corrected chi connectivity index (χ4v) is 4.62. The summed E-state index contributed by atoms with van der Waals surface area (Å²) >= 11 is 0. The van der Waals surface area contributed by atoms with Crippen LogP contribution < -0.4 is 5.32 Å². The fourth-order valence-electron chi connectivity index (χ4n) is 2.92. The van der Waals surface area contributed by atoms with Gasteiger partial charge >= 0.3 is 193 Å². The molecule has 0 aliphatic carbocycles. The average molecular weight is 491 g/mol. The van der Waals surface area contributed by atoms with Gasteiger partial charge in [0.15, 0.2) is 0 Å². The summed E-state index contributed by atoms with van der Waals surface area (Å²) in [6.07, 6.45) is -1.12. The third-order valence-corrected chi connectivity index (χ3v) is 6.51. The Morgan fingerprint density at radius 2 is 2.03 bits per heavy atom. The third-order valence-electron chi connectivity index (χ3n) is 4.99. The van der Waals surface area contributed by atoms with Crippen molar-refractivity contribution in [2.45, 2.75) is 52.6 Å². The van der Waals surface area contributed by atoms with Gasteiger partial charge in [-0.2, -0.15) is 0 Å². The summed E-state index contributed by atoms with van der Waals surface area (Å²) in [5, 5.41) is 6.88. The van der Waals surface area contributed by atoms with Crippen LogP contribution in [0.25, 0.3) is 0 Å². The Morgan fingerprint density at radius 3 is 2.61 bits per heavy atom. The number of hydrogen-bond acceptors (Lipinski definition) is 10. The van der Waals surface area contributed by atoms with Crippen molar-refractivity contribution in [3.8, 4) is 0 Å². The third kappa shape index (κ3) is 7.18. The molecule has 1 aliphatic rings. The molecule has 1 fully saturated rings. The number of rotatable bonds is 8. The van der Waals surface area contributed by atoms with E-state index in [-0.39, 0.29) is 30.7 Å². The van der Waals surface area contributed by atoms with Gasteiger partial charge in [0, 0.05) is 0 Å². The molecule has 0 unspecified atom stereocenters. The minimum absolute atomic E-state index is 0.00895.